The lowest BCUT2D eigenvalue weighted by molar-refractivity contribution is 0.0715. The summed E-state index contributed by atoms with van der Waals surface area (Å²) >= 11 is 0. The maximum atomic E-state index is 13.9. The van der Waals surface area contributed by atoms with Crippen molar-refractivity contribution in [3.63, 3.8) is 0 Å². The van der Waals surface area contributed by atoms with Gasteiger partial charge in [-0.25, -0.2) is 4.39 Å². The molecular weight excluding hydrogens is 417 g/mol. The van der Waals surface area contributed by atoms with Crippen LogP contribution in [0, 0.1) is 24.6 Å². The molecule has 4 aromatic rings. The van der Waals surface area contributed by atoms with E-state index in [1.165, 1.54) is 12.1 Å². The second-order valence-electron chi connectivity index (χ2n) is 9.11. The highest BCUT2D eigenvalue weighted by molar-refractivity contribution is 6.01. The van der Waals surface area contributed by atoms with Crippen molar-refractivity contribution in [2.24, 2.45) is 11.8 Å². The minimum absolute atomic E-state index is 0.00507. The number of aryl methyl sites for hydroxylation is 1. The molecule has 5 nitrogen and oxygen atoms in total. The Morgan fingerprint density at radius 2 is 2.03 bits per heavy atom. The molecular formula is C27H24FN3O2. The van der Waals surface area contributed by atoms with Crippen molar-refractivity contribution in [3.8, 4) is 11.1 Å². The summed E-state index contributed by atoms with van der Waals surface area (Å²) in [4.78, 5) is 20.2. The molecule has 1 amide bonds. The molecule has 6 rings (SSSR count). The summed E-state index contributed by atoms with van der Waals surface area (Å²) in [5.74, 6) is 0.726. The lowest BCUT2D eigenvalue weighted by Gasteiger charge is -2.28. The van der Waals surface area contributed by atoms with Crippen LogP contribution >= 0.6 is 0 Å². The average molecular weight is 442 g/mol. The van der Waals surface area contributed by atoms with Crippen LogP contribution in [0.3, 0.4) is 0 Å². The molecule has 1 saturated carbocycles. The van der Waals surface area contributed by atoms with E-state index < -0.39 is 0 Å². The number of fused-ring (bicyclic) bond motifs is 2. The Hall–Kier alpha value is -3.67. The van der Waals surface area contributed by atoms with Crippen LogP contribution in [0.15, 0.2) is 71.1 Å². The molecule has 1 N–H and O–H groups in total. The first-order valence-electron chi connectivity index (χ1n) is 11.3. The fourth-order valence-electron chi connectivity index (χ4n) is 5.10. The van der Waals surface area contributed by atoms with Gasteiger partial charge in [-0.1, -0.05) is 42.0 Å². The lowest BCUT2D eigenvalue weighted by Crippen LogP contribution is -2.42. The number of benzene rings is 3. The van der Waals surface area contributed by atoms with Crippen LogP contribution in [0.1, 0.15) is 22.3 Å². The van der Waals surface area contributed by atoms with Crippen molar-refractivity contribution < 1.29 is 13.6 Å². The Labute approximate surface area is 191 Å². The van der Waals surface area contributed by atoms with Gasteiger partial charge in [-0.2, -0.15) is 4.98 Å². The number of hydrogen-bond donors (Lipinski definition) is 1. The van der Waals surface area contributed by atoms with Crippen molar-refractivity contribution in [2.75, 3.05) is 18.4 Å². The molecule has 1 aromatic heterocycles. The predicted molar refractivity (Wildman–Crippen MR) is 125 cm³/mol. The first kappa shape index (κ1) is 20.0. The largest absolute Gasteiger partial charge is 0.424 e. The highest BCUT2D eigenvalue weighted by Gasteiger charge is 2.54. The van der Waals surface area contributed by atoms with E-state index in [9.17, 15) is 9.18 Å². The zero-order valence-corrected chi connectivity index (χ0v) is 18.3. The minimum atomic E-state index is -0.311. The van der Waals surface area contributed by atoms with Gasteiger partial charge in [0.1, 0.15) is 11.3 Å². The van der Waals surface area contributed by atoms with Gasteiger partial charge in [0.25, 0.3) is 11.9 Å². The summed E-state index contributed by atoms with van der Waals surface area (Å²) in [6.45, 7) is 3.31. The summed E-state index contributed by atoms with van der Waals surface area (Å²) in [6, 6.07) is 20.4. The Bertz CT molecular complexity index is 1330. The van der Waals surface area contributed by atoms with Gasteiger partial charge in [-0.3, -0.25) is 4.79 Å². The second kappa shape index (κ2) is 7.73. The third-order valence-electron chi connectivity index (χ3n) is 6.86. The smallest absolute Gasteiger partial charge is 0.295 e. The van der Waals surface area contributed by atoms with Crippen LogP contribution in [0.2, 0.25) is 0 Å². The topological polar surface area (TPSA) is 58.4 Å². The van der Waals surface area contributed by atoms with Crippen LogP contribution in [0.4, 0.5) is 10.4 Å². The van der Waals surface area contributed by atoms with Gasteiger partial charge in [0.2, 0.25) is 0 Å². The SMILES string of the molecule is Cc1ccc(-c2cccc(F)c2)c(C(=O)N2C[C@H]3C[C@H]3[C@H]2CNc2nc3ccccc3o2)c1. The van der Waals surface area contributed by atoms with Gasteiger partial charge in [0, 0.05) is 18.7 Å². The van der Waals surface area contributed by atoms with E-state index in [-0.39, 0.29) is 17.8 Å². The van der Waals surface area contributed by atoms with E-state index in [0.717, 1.165) is 35.2 Å². The number of nitrogens with zero attached hydrogens (tertiary/aromatic N) is 2. The van der Waals surface area contributed by atoms with Crippen molar-refractivity contribution >= 4 is 23.0 Å². The Balaban J connectivity index is 1.27. The van der Waals surface area contributed by atoms with Crippen LogP contribution in [-0.2, 0) is 0 Å². The summed E-state index contributed by atoms with van der Waals surface area (Å²) < 4.78 is 19.7. The molecule has 3 aromatic carbocycles. The number of piperidine rings is 1. The Kier molecular flexibility index (Phi) is 4.68. The molecule has 2 aliphatic rings. The molecule has 6 heteroatoms. The molecule has 2 fully saturated rings. The highest BCUT2D eigenvalue weighted by Crippen LogP contribution is 2.50. The molecule has 0 unspecified atom stereocenters. The fourth-order valence-corrected chi connectivity index (χ4v) is 5.10. The average Bonchev–Trinajstić information content (AvgIpc) is 3.30. The molecule has 1 saturated heterocycles. The van der Waals surface area contributed by atoms with Crippen LogP contribution in [0.5, 0.6) is 0 Å². The summed E-state index contributed by atoms with van der Waals surface area (Å²) in [7, 11) is 0. The molecule has 166 valence electrons. The third kappa shape index (κ3) is 3.65. The number of carbonyl (C=O) groups is 1. The number of likely N-dealkylation sites (tertiary alicyclic amines) is 1. The highest BCUT2D eigenvalue weighted by atomic mass is 19.1. The number of anilines is 1. The second-order valence-corrected chi connectivity index (χ2v) is 9.11. The molecule has 1 aliphatic carbocycles. The number of amides is 1. The summed E-state index contributed by atoms with van der Waals surface area (Å²) in [6.07, 6.45) is 1.15. The van der Waals surface area contributed by atoms with Gasteiger partial charge in [0.05, 0.1) is 6.04 Å². The van der Waals surface area contributed by atoms with Crippen LogP contribution in [0.25, 0.3) is 22.2 Å². The quantitative estimate of drug-likeness (QED) is 0.443. The van der Waals surface area contributed by atoms with Crippen LogP contribution in [-0.4, -0.2) is 34.9 Å². The first-order valence-corrected chi connectivity index (χ1v) is 11.3. The number of carbonyl (C=O) groups excluding carboxylic acids is 1. The predicted octanol–water partition coefficient (Wildman–Crippen LogP) is 5.51. The lowest BCUT2D eigenvalue weighted by atomic mass is 9.96. The standard InChI is InChI=1S/C27H24FN3O2/c1-16-9-10-20(17-5-4-6-19(28)12-17)22(11-16)26(32)31-15-18-13-21(18)24(31)14-29-27-30-23-7-2-3-8-25(23)33-27/h2-12,18,21,24H,13-15H2,1H3,(H,29,30)/t18-,21-,24-/m1/s1. The maximum absolute atomic E-state index is 13.9. The van der Waals surface area contributed by atoms with Crippen molar-refractivity contribution in [2.45, 2.75) is 19.4 Å². The molecule has 33 heavy (non-hydrogen) atoms. The van der Waals surface area contributed by atoms with Gasteiger partial charge >= 0.3 is 0 Å². The van der Waals surface area contributed by atoms with E-state index in [4.69, 9.17) is 4.42 Å². The van der Waals surface area contributed by atoms with Crippen molar-refractivity contribution in [1.29, 1.82) is 0 Å². The van der Waals surface area contributed by atoms with E-state index in [1.54, 1.807) is 6.07 Å². The van der Waals surface area contributed by atoms with Gasteiger partial charge < -0.3 is 14.6 Å². The summed E-state index contributed by atoms with van der Waals surface area (Å²) in [5.41, 5.74) is 4.64. The van der Waals surface area contributed by atoms with Crippen molar-refractivity contribution in [3.05, 3.63) is 83.7 Å². The number of hydrogen-bond acceptors (Lipinski definition) is 4. The van der Waals surface area contributed by atoms with Gasteiger partial charge in [-0.05, 0) is 66.6 Å². The van der Waals surface area contributed by atoms with Crippen LogP contribution < -0.4 is 5.32 Å². The van der Waals surface area contributed by atoms with E-state index >= 15 is 0 Å². The summed E-state index contributed by atoms with van der Waals surface area (Å²) in [5, 5.41) is 3.31. The van der Waals surface area contributed by atoms with E-state index in [0.29, 0.717) is 35.5 Å². The first-order chi connectivity index (χ1) is 16.1. The Morgan fingerprint density at radius 3 is 2.88 bits per heavy atom. The normalized spacial score (nSPS) is 21.3. The monoisotopic (exact) mass is 441 g/mol. The number of aromatic nitrogens is 1. The van der Waals surface area contributed by atoms with E-state index in [1.807, 2.05) is 60.4 Å². The van der Waals surface area contributed by atoms with Crippen molar-refractivity contribution in [1.82, 2.24) is 9.88 Å². The van der Waals surface area contributed by atoms with Gasteiger partial charge in [0.15, 0.2) is 5.58 Å². The number of para-hydroxylation sites is 2. The Morgan fingerprint density at radius 1 is 1.15 bits per heavy atom. The number of rotatable bonds is 5. The minimum Gasteiger partial charge on any atom is -0.424 e. The molecule has 0 radical (unpaired) electrons. The maximum Gasteiger partial charge on any atom is 0.295 e. The zero-order valence-electron chi connectivity index (χ0n) is 18.3. The molecule has 2 heterocycles. The molecule has 0 spiro atoms. The van der Waals surface area contributed by atoms with Gasteiger partial charge in [-0.15, -0.1) is 0 Å². The molecule has 0 bridgehead atoms. The molecule has 3 atom stereocenters. The number of nitrogens with one attached hydrogen (secondary N) is 1. The number of halogens is 1. The fraction of sp³-hybridized carbons (Fsp3) is 0.259. The third-order valence-corrected chi connectivity index (χ3v) is 6.86. The molecule has 1 aliphatic heterocycles. The van der Waals surface area contributed by atoms with E-state index in [2.05, 4.69) is 10.3 Å². The number of oxazole rings is 1. The zero-order chi connectivity index (χ0) is 22.5.